The van der Waals surface area contributed by atoms with E-state index in [1.807, 2.05) is 0 Å². The molecule has 0 atom stereocenters. The summed E-state index contributed by atoms with van der Waals surface area (Å²) < 4.78 is 0. The van der Waals surface area contributed by atoms with Crippen molar-refractivity contribution in [2.24, 2.45) is 5.73 Å². The lowest BCUT2D eigenvalue weighted by atomic mass is 10.1. The third kappa shape index (κ3) is 3.39. The molecule has 1 aromatic rings. The van der Waals surface area contributed by atoms with Crippen LogP contribution in [0.2, 0.25) is 0 Å². The predicted octanol–water partition coefficient (Wildman–Crippen LogP) is 1.03. The number of thiocarbonyl (C=S) groups is 1. The van der Waals surface area contributed by atoms with Gasteiger partial charge in [0, 0.05) is 31.7 Å². The second-order valence-electron chi connectivity index (χ2n) is 5.77. The minimum Gasteiger partial charge on any atom is -0.388 e. The zero-order valence-corrected chi connectivity index (χ0v) is 12.6. The van der Waals surface area contributed by atoms with E-state index in [-0.39, 0.29) is 10.5 Å². The highest BCUT2D eigenvalue weighted by atomic mass is 32.1. The van der Waals surface area contributed by atoms with Crippen LogP contribution < -0.4 is 10.6 Å². The van der Waals surface area contributed by atoms with Crippen LogP contribution in [0.4, 0.5) is 5.82 Å². The van der Waals surface area contributed by atoms with Crippen molar-refractivity contribution >= 4 is 23.0 Å². The molecule has 2 rings (SSSR count). The fraction of sp³-hybridized carbons (Fsp3) is 0.615. The van der Waals surface area contributed by atoms with Crippen LogP contribution in [-0.4, -0.2) is 51.6 Å². The lowest BCUT2D eigenvalue weighted by Crippen LogP contribution is -2.53. The van der Waals surface area contributed by atoms with Crippen LogP contribution in [0.5, 0.6) is 0 Å². The second-order valence-corrected chi connectivity index (χ2v) is 6.21. The van der Waals surface area contributed by atoms with Crippen molar-refractivity contribution in [3.8, 4) is 0 Å². The first-order valence-electron chi connectivity index (χ1n) is 6.50. The summed E-state index contributed by atoms with van der Waals surface area (Å²) in [4.78, 5) is 13.6. The van der Waals surface area contributed by atoms with Gasteiger partial charge in [-0.25, -0.2) is 9.97 Å². The third-order valence-electron chi connectivity index (χ3n) is 3.44. The van der Waals surface area contributed by atoms with Gasteiger partial charge >= 0.3 is 0 Å². The van der Waals surface area contributed by atoms with E-state index < -0.39 is 0 Å². The number of nitrogens with two attached hydrogens (primary N) is 1. The Bertz CT molecular complexity index is 443. The van der Waals surface area contributed by atoms with Gasteiger partial charge in [-0.1, -0.05) is 12.2 Å². The summed E-state index contributed by atoms with van der Waals surface area (Å²) in [5.74, 6) is 0.897. The van der Waals surface area contributed by atoms with Crippen LogP contribution in [0.1, 0.15) is 26.5 Å². The molecule has 0 spiro atoms. The SMILES string of the molecule is CC(C)(C)N1CCN(c2cnc(C(N)=S)cn2)CC1. The van der Waals surface area contributed by atoms with Gasteiger partial charge in [0.25, 0.3) is 0 Å². The molecule has 0 aromatic carbocycles. The van der Waals surface area contributed by atoms with Gasteiger partial charge in [-0.15, -0.1) is 0 Å². The smallest absolute Gasteiger partial charge is 0.147 e. The van der Waals surface area contributed by atoms with E-state index in [1.165, 1.54) is 0 Å². The molecular weight excluding hydrogens is 258 g/mol. The fourth-order valence-electron chi connectivity index (χ4n) is 2.22. The number of aromatic nitrogens is 2. The standard InChI is InChI=1S/C13H21N5S/c1-13(2,3)18-6-4-17(5-7-18)11-9-15-10(8-16-11)12(14)19/h8-9H,4-7H2,1-3H3,(H2,14,19). The maximum Gasteiger partial charge on any atom is 0.147 e. The molecule has 0 saturated carbocycles. The van der Waals surface area contributed by atoms with Gasteiger partial charge in [0.15, 0.2) is 0 Å². The number of anilines is 1. The Labute approximate surface area is 119 Å². The first kappa shape index (κ1) is 14.1. The molecule has 104 valence electrons. The van der Waals surface area contributed by atoms with Gasteiger partial charge in [-0.3, -0.25) is 4.90 Å². The highest BCUT2D eigenvalue weighted by molar-refractivity contribution is 7.80. The van der Waals surface area contributed by atoms with E-state index in [1.54, 1.807) is 12.4 Å². The van der Waals surface area contributed by atoms with Crippen molar-refractivity contribution in [1.82, 2.24) is 14.9 Å². The van der Waals surface area contributed by atoms with Crippen LogP contribution in [0.3, 0.4) is 0 Å². The summed E-state index contributed by atoms with van der Waals surface area (Å²) in [5.41, 5.74) is 6.32. The Balaban J connectivity index is 2.00. The molecule has 5 nitrogen and oxygen atoms in total. The van der Waals surface area contributed by atoms with Crippen molar-refractivity contribution in [3.05, 3.63) is 18.1 Å². The Kier molecular flexibility index (Phi) is 4.01. The monoisotopic (exact) mass is 279 g/mol. The van der Waals surface area contributed by atoms with E-state index in [0.717, 1.165) is 32.0 Å². The molecule has 0 aliphatic carbocycles. The second kappa shape index (κ2) is 5.38. The summed E-state index contributed by atoms with van der Waals surface area (Å²) in [6.07, 6.45) is 3.40. The summed E-state index contributed by atoms with van der Waals surface area (Å²) in [6.45, 7) is 10.8. The molecule has 0 unspecified atom stereocenters. The number of piperazine rings is 1. The van der Waals surface area contributed by atoms with Gasteiger partial charge in [-0.05, 0) is 20.8 Å². The van der Waals surface area contributed by atoms with Gasteiger partial charge < -0.3 is 10.6 Å². The van der Waals surface area contributed by atoms with Gasteiger partial charge in [-0.2, -0.15) is 0 Å². The highest BCUT2D eigenvalue weighted by Crippen LogP contribution is 2.18. The lowest BCUT2D eigenvalue weighted by molar-refractivity contribution is 0.128. The van der Waals surface area contributed by atoms with E-state index in [4.69, 9.17) is 18.0 Å². The normalized spacial score (nSPS) is 17.5. The van der Waals surface area contributed by atoms with Crippen molar-refractivity contribution < 1.29 is 0 Å². The summed E-state index contributed by atoms with van der Waals surface area (Å²) in [7, 11) is 0. The molecule has 2 heterocycles. The zero-order chi connectivity index (χ0) is 14.0. The molecule has 0 amide bonds. The van der Waals surface area contributed by atoms with Gasteiger partial charge in [0.1, 0.15) is 16.5 Å². The third-order valence-corrected chi connectivity index (χ3v) is 3.65. The molecule has 1 aromatic heterocycles. The topological polar surface area (TPSA) is 58.3 Å². The summed E-state index contributed by atoms with van der Waals surface area (Å²) in [5, 5.41) is 0. The largest absolute Gasteiger partial charge is 0.388 e. The van der Waals surface area contributed by atoms with Gasteiger partial charge in [0.05, 0.1) is 12.4 Å². The molecule has 19 heavy (non-hydrogen) atoms. The molecule has 1 aliphatic heterocycles. The van der Waals surface area contributed by atoms with E-state index >= 15 is 0 Å². The Morgan fingerprint density at radius 1 is 1.16 bits per heavy atom. The Hall–Kier alpha value is -1.27. The number of nitrogens with zero attached hydrogens (tertiary/aromatic N) is 4. The lowest BCUT2D eigenvalue weighted by Gasteiger charge is -2.42. The highest BCUT2D eigenvalue weighted by Gasteiger charge is 2.26. The molecule has 1 fully saturated rings. The van der Waals surface area contributed by atoms with Crippen LogP contribution >= 0.6 is 12.2 Å². The van der Waals surface area contributed by atoms with Crippen LogP contribution in [0.15, 0.2) is 12.4 Å². The number of hydrogen-bond acceptors (Lipinski definition) is 5. The molecule has 0 radical (unpaired) electrons. The van der Waals surface area contributed by atoms with Gasteiger partial charge in [0.2, 0.25) is 0 Å². The van der Waals surface area contributed by atoms with Crippen molar-refractivity contribution in [3.63, 3.8) is 0 Å². The van der Waals surface area contributed by atoms with E-state index in [0.29, 0.717) is 5.69 Å². The number of hydrogen-bond donors (Lipinski definition) is 1. The van der Waals surface area contributed by atoms with Crippen molar-refractivity contribution in [1.29, 1.82) is 0 Å². The fourth-order valence-corrected chi connectivity index (χ4v) is 2.32. The van der Waals surface area contributed by atoms with Crippen molar-refractivity contribution in [2.45, 2.75) is 26.3 Å². The predicted molar refractivity (Wildman–Crippen MR) is 81.5 cm³/mol. The molecule has 2 N–H and O–H groups in total. The van der Waals surface area contributed by atoms with E-state index in [9.17, 15) is 0 Å². The Morgan fingerprint density at radius 3 is 2.21 bits per heavy atom. The number of rotatable bonds is 2. The van der Waals surface area contributed by atoms with Crippen LogP contribution in [-0.2, 0) is 0 Å². The zero-order valence-electron chi connectivity index (χ0n) is 11.8. The van der Waals surface area contributed by atoms with E-state index in [2.05, 4.69) is 40.5 Å². The summed E-state index contributed by atoms with van der Waals surface area (Å²) in [6, 6.07) is 0. The molecule has 1 aliphatic rings. The average Bonchev–Trinajstić information content (AvgIpc) is 2.38. The minimum absolute atomic E-state index is 0.230. The maximum absolute atomic E-state index is 5.52. The average molecular weight is 279 g/mol. The van der Waals surface area contributed by atoms with Crippen LogP contribution in [0, 0.1) is 0 Å². The molecule has 1 saturated heterocycles. The molecule has 0 bridgehead atoms. The first-order chi connectivity index (χ1) is 8.88. The Morgan fingerprint density at radius 2 is 1.79 bits per heavy atom. The minimum atomic E-state index is 0.230. The van der Waals surface area contributed by atoms with Crippen LogP contribution in [0.25, 0.3) is 0 Å². The molecular formula is C13H21N5S. The molecule has 6 heteroatoms. The summed E-state index contributed by atoms with van der Waals surface area (Å²) >= 11 is 4.87. The quantitative estimate of drug-likeness (QED) is 0.816. The maximum atomic E-state index is 5.52. The van der Waals surface area contributed by atoms with Crippen molar-refractivity contribution in [2.75, 3.05) is 31.1 Å². The first-order valence-corrected chi connectivity index (χ1v) is 6.90.